The molecule has 4 nitrogen and oxygen atoms in total. The maximum absolute atomic E-state index is 12.2. The number of halogens is 2. The van der Waals surface area contributed by atoms with Crippen LogP contribution in [0.1, 0.15) is 37.4 Å². The number of hydrogen-bond acceptors (Lipinski definition) is 3. The molecule has 0 radical (unpaired) electrons. The summed E-state index contributed by atoms with van der Waals surface area (Å²) in [5.41, 5.74) is -0.442. The van der Waals surface area contributed by atoms with E-state index < -0.39 is 11.5 Å². The zero-order valence-corrected chi connectivity index (χ0v) is 12.9. The average molecular weight is 327 g/mol. The number of rotatable bonds is 4. The Morgan fingerprint density at radius 2 is 2.10 bits per heavy atom. The third-order valence-electron chi connectivity index (χ3n) is 3.88. The molecule has 0 heterocycles. The zero-order valence-electron chi connectivity index (χ0n) is 11.4. The van der Waals surface area contributed by atoms with Gasteiger partial charge in [-0.15, -0.1) is 0 Å². The van der Waals surface area contributed by atoms with Gasteiger partial charge >= 0.3 is 0 Å². The smallest absolute Gasteiger partial charge is 0.240 e. The molecule has 2 rings (SSSR count). The summed E-state index contributed by atoms with van der Waals surface area (Å²) in [4.78, 5) is 12.2. The van der Waals surface area contributed by atoms with Crippen LogP contribution in [0, 0.1) is 16.7 Å². The molecular weight excluding hydrogens is 311 g/mol. The Morgan fingerprint density at radius 1 is 1.43 bits per heavy atom. The van der Waals surface area contributed by atoms with Crippen LogP contribution in [-0.2, 0) is 4.79 Å². The first kappa shape index (κ1) is 16.1. The van der Waals surface area contributed by atoms with Gasteiger partial charge in [0.15, 0.2) is 0 Å². The summed E-state index contributed by atoms with van der Waals surface area (Å²) in [5.74, 6) is -0.313. The number of carbonyl (C=O) groups excluding carboxylic acids is 1. The Balaban J connectivity index is 1.99. The highest BCUT2D eigenvalue weighted by Gasteiger charge is 2.41. The van der Waals surface area contributed by atoms with Crippen molar-refractivity contribution < 1.29 is 9.90 Å². The van der Waals surface area contributed by atoms with E-state index in [4.69, 9.17) is 23.2 Å². The minimum Gasteiger partial charge on any atom is -0.387 e. The largest absolute Gasteiger partial charge is 0.387 e. The fourth-order valence-electron chi connectivity index (χ4n) is 2.61. The molecule has 1 aliphatic rings. The molecule has 1 fully saturated rings. The maximum Gasteiger partial charge on any atom is 0.240 e. The predicted molar refractivity (Wildman–Crippen MR) is 80.9 cm³/mol. The summed E-state index contributed by atoms with van der Waals surface area (Å²) in [6.45, 7) is 0.0175. The number of benzene rings is 1. The molecule has 1 unspecified atom stereocenters. The molecule has 1 aliphatic carbocycles. The Hall–Kier alpha value is -1.28. The molecule has 6 heteroatoms. The van der Waals surface area contributed by atoms with Gasteiger partial charge in [-0.2, -0.15) is 5.26 Å². The first-order valence-corrected chi connectivity index (χ1v) is 7.57. The maximum atomic E-state index is 12.2. The van der Waals surface area contributed by atoms with E-state index in [1.807, 2.05) is 0 Å². The number of carbonyl (C=O) groups is 1. The van der Waals surface area contributed by atoms with E-state index in [0.29, 0.717) is 28.5 Å². The Morgan fingerprint density at radius 3 is 2.67 bits per heavy atom. The Labute approximate surface area is 133 Å². The number of nitriles is 1. The van der Waals surface area contributed by atoms with Gasteiger partial charge in [0.25, 0.3) is 0 Å². The molecule has 1 amide bonds. The molecule has 1 aromatic rings. The summed E-state index contributed by atoms with van der Waals surface area (Å²) in [6, 6.07) is 6.91. The number of aliphatic hydroxyl groups excluding tert-OH is 1. The SMILES string of the molecule is N#CC1(C(=O)NCC(O)c2ccc(Cl)cc2Cl)CCCC1. The van der Waals surface area contributed by atoms with Gasteiger partial charge in [-0.05, 0) is 25.0 Å². The van der Waals surface area contributed by atoms with Gasteiger partial charge in [-0.25, -0.2) is 0 Å². The molecular formula is C15H16Cl2N2O2. The van der Waals surface area contributed by atoms with E-state index in [-0.39, 0.29) is 12.5 Å². The van der Waals surface area contributed by atoms with Crippen LogP contribution in [0.5, 0.6) is 0 Å². The van der Waals surface area contributed by atoms with Crippen molar-refractivity contribution in [1.82, 2.24) is 5.32 Å². The van der Waals surface area contributed by atoms with Crippen LogP contribution in [0.25, 0.3) is 0 Å². The number of aliphatic hydroxyl groups is 1. The second kappa shape index (κ2) is 6.65. The monoisotopic (exact) mass is 326 g/mol. The van der Waals surface area contributed by atoms with E-state index in [1.54, 1.807) is 12.1 Å². The highest BCUT2D eigenvalue weighted by molar-refractivity contribution is 6.35. The lowest BCUT2D eigenvalue weighted by atomic mass is 9.87. The van der Waals surface area contributed by atoms with Crippen molar-refractivity contribution in [3.05, 3.63) is 33.8 Å². The lowest BCUT2D eigenvalue weighted by Gasteiger charge is -2.21. The van der Waals surface area contributed by atoms with Crippen LogP contribution in [0.15, 0.2) is 18.2 Å². The number of amides is 1. The van der Waals surface area contributed by atoms with Crippen molar-refractivity contribution in [2.24, 2.45) is 5.41 Å². The van der Waals surface area contributed by atoms with Crippen molar-refractivity contribution in [3.8, 4) is 6.07 Å². The third kappa shape index (κ3) is 3.49. The van der Waals surface area contributed by atoms with Crippen molar-refractivity contribution >= 4 is 29.1 Å². The zero-order chi connectivity index (χ0) is 15.5. The number of hydrogen-bond donors (Lipinski definition) is 2. The van der Waals surface area contributed by atoms with Crippen LogP contribution < -0.4 is 5.32 Å². The van der Waals surface area contributed by atoms with Crippen LogP contribution in [0.4, 0.5) is 0 Å². The minimum absolute atomic E-state index is 0.0175. The van der Waals surface area contributed by atoms with Crippen LogP contribution >= 0.6 is 23.2 Å². The van der Waals surface area contributed by atoms with Gasteiger partial charge in [-0.1, -0.05) is 42.1 Å². The van der Waals surface area contributed by atoms with E-state index >= 15 is 0 Å². The molecule has 0 spiro atoms. The summed E-state index contributed by atoms with van der Waals surface area (Å²) in [5, 5.41) is 22.8. The third-order valence-corrected chi connectivity index (χ3v) is 4.45. The van der Waals surface area contributed by atoms with E-state index in [1.165, 1.54) is 6.07 Å². The van der Waals surface area contributed by atoms with E-state index in [9.17, 15) is 15.2 Å². The standard InChI is InChI=1S/C15H16Cl2N2O2/c16-10-3-4-11(12(17)7-10)13(20)8-19-14(21)15(9-18)5-1-2-6-15/h3-4,7,13,20H,1-2,5-6,8H2,(H,19,21). The lowest BCUT2D eigenvalue weighted by Crippen LogP contribution is -2.40. The fourth-order valence-corrected chi connectivity index (χ4v) is 3.14. The number of nitrogens with one attached hydrogen (secondary N) is 1. The number of nitrogens with zero attached hydrogens (tertiary/aromatic N) is 1. The van der Waals surface area contributed by atoms with Crippen LogP contribution in [0.2, 0.25) is 10.0 Å². The molecule has 2 N–H and O–H groups in total. The molecule has 112 valence electrons. The van der Waals surface area contributed by atoms with E-state index in [0.717, 1.165) is 12.8 Å². The van der Waals surface area contributed by atoms with Crippen LogP contribution in [-0.4, -0.2) is 17.6 Å². The molecule has 0 saturated heterocycles. The highest BCUT2D eigenvalue weighted by atomic mass is 35.5. The van der Waals surface area contributed by atoms with Crippen LogP contribution in [0.3, 0.4) is 0 Å². The van der Waals surface area contributed by atoms with Crippen molar-refractivity contribution in [2.75, 3.05) is 6.54 Å². The quantitative estimate of drug-likeness (QED) is 0.892. The first-order chi connectivity index (χ1) is 9.98. The minimum atomic E-state index is -0.941. The first-order valence-electron chi connectivity index (χ1n) is 6.81. The highest BCUT2D eigenvalue weighted by Crippen LogP contribution is 2.37. The summed E-state index contributed by atoms with van der Waals surface area (Å²) < 4.78 is 0. The molecule has 1 saturated carbocycles. The second-order valence-corrected chi connectivity index (χ2v) is 6.14. The van der Waals surface area contributed by atoms with Crippen molar-refractivity contribution in [3.63, 3.8) is 0 Å². The Kier molecular flexibility index (Phi) is 5.10. The van der Waals surface area contributed by atoms with Gasteiger partial charge in [-0.3, -0.25) is 4.79 Å². The molecule has 1 aromatic carbocycles. The molecule has 0 bridgehead atoms. The summed E-state index contributed by atoms with van der Waals surface area (Å²) in [6.07, 6.45) is 1.98. The topological polar surface area (TPSA) is 73.1 Å². The molecule has 0 aliphatic heterocycles. The predicted octanol–water partition coefficient (Wildman–Crippen LogP) is 3.23. The lowest BCUT2D eigenvalue weighted by molar-refractivity contribution is -0.128. The second-order valence-electron chi connectivity index (χ2n) is 5.29. The van der Waals surface area contributed by atoms with Crippen molar-refractivity contribution in [2.45, 2.75) is 31.8 Å². The van der Waals surface area contributed by atoms with Gasteiger partial charge in [0.05, 0.1) is 12.2 Å². The van der Waals surface area contributed by atoms with Gasteiger partial charge in [0.2, 0.25) is 5.91 Å². The normalized spacial score (nSPS) is 18.0. The fraction of sp³-hybridized carbons (Fsp3) is 0.467. The van der Waals surface area contributed by atoms with Gasteiger partial charge in [0.1, 0.15) is 5.41 Å². The molecule has 0 aromatic heterocycles. The van der Waals surface area contributed by atoms with Gasteiger partial charge < -0.3 is 10.4 Å². The average Bonchev–Trinajstić information content (AvgIpc) is 2.94. The summed E-state index contributed by atoms with van der Waals surface area (Å²) >= 11 is 11.8. The summed E-state index contributed by atoms with van der Waals surface area (Å²) in [7, 11) is 0. The van der Waals surface area contributed by atoms with E-state index in [2.05, 4.69) is 11.4 Å². The molecule has 1 atom stereocenters. The van der Waals surface area contributed by atoms with Crippen molar-refractivity contribution in [1.29, 1.82) is 5.26 Å². The van der Waals surface area contributed by atoms with Gasteiger partial charge in [0, 0.05) is 22.2 Å². The Bertz CT molecular complexity index is 578. The molecule has 21 heavy (non-hydrogen) atoms.